The molecule has 0 rings (SSSR count). The molecule has 0 atom stereocenters. The number of rotatable bonds is 0. The van der Waals surface area contributed by atoms with Crippen LogP contribution in [0.2, 0.25) is 0 Å². The molecule has 26 valence electrons. The summed E-state index contributed by atoms with van der Waals surface area (Å²) in [5.41, 5.74) is 0. The molecule has 3 heteroatoms. The van der Waals surface area contributed by atoms with Crippen molar-refractivity contribution in [3.8, 4) is 0 Å². The monoisotopic (exact) mass is 134 g/mol. The quantitative estimate of drug-likeness (QED) is 0.351. The van der Waals surface area contributed by atoms with Crippen LogP contribution < -0.4 is 0 Å². The molecule has 0 aliphatic heterocycles. The van der Waals surface area contributed by atoms with E-state index in [9.17, 15) is 0 Å². The van der Waals surface area contributed by atoms with Gasteiger partial charge in [-0.15, -0.1) is 0 Å². The van der Waals surface area contributed by atoms with Crippen LogP contribution in [-0.4, -0.2) is 0 Å². The summed E-state index contributed by atoms with van der Waals surface area (Å²) in [4.78, 5) is 0. The first-order valence-electron chi connectivity index (χ1n) is 0. The van der Waals surface area contributed by atoms with E-state index < -0.39 is 0 Å². The molecule has 0 aromatic heterocycles. The van der Waals surface area contributed by atoms with Crippen LogP contribution in [0.15, 0.2) is 0 Å². The van der Waals surface area contributed by atoms with Crippen molar-refractivity contribution in [1.29, 1.82) is 0 Å². The zero-order valence-electron chi connectivity index (χ0n) is 1.23. The summed E-state index contributed by atoms with van der Waals surface area (Å²) < 4.78 is 0. The Morgan fingerprint density at radius 1 is 1.00 bits per heavy atom. The first-order chi connectivity index (χ1) is 0. The van der Waals surface area contributed by atoms with E-state index in [-0.39, 0.29) is 47.9 Å². The van der Waals surface area contributed by atoms with Gasteiger partial charge < -0.3 is 0 Å². The van der Waals surface area contributed by atoms with E-state index in [0.717, 1.165) is 0 Å². The molecule has 0 unspecified atom stereocenters. The Balaban J connectivity index is 0. The summed E-state index contributed by atoms with van der Waals surface area (Å²) in [5.74, 6) is 0. The summed E-state index contributed by atoms with van der Waals surface area (Å²) in [6.07, 6.45) is 0. The average Bonchev–Trinajstić information content (AvgIpc) is 0. The van der Waals surface area contributed by atoms with Gasteiger partial charge in [-0.2, -0.15) is 0 Å². The van der Waals surface area contributed by atoms with E-state index in [1.807, 2.05) is 0 Å². The first-order valence-corrected chi connectivity index (χ1v) is 0. The molecule has 0 aromatic carbocycles. The summed E-state index contributed by atoms with van der Waals surface area (Å²) in [7, 11) is 0. The topological polar surface area (TPSA) is 0 Å². The van der Waals surface area contributed by atoms with Crippen LogP contribution in [0.4, 0.5) is 0 Å². The SMILES string of the molecule is C.[Mn].[P].[S]. The Labute approximate surface area is 48.3 Å². The van der Waals surface area contributed by atoms with Crippen LogP contribution in [0.25, 0.3) is 0 Å². The van der Waals surface area contributed by atoms with Crippen molar-refractivity contribution in [3.63, 3.8) is 0 Å². The molecule has 0 heterocycles. The Hall–Kier alpha value is 1.30. The van der Waals surface area contributed by atoms with Crippen molar-refractivity contribution in [1.82, 2.24) is 0 Å². The van der Waals surface area contributed by atoms with Gasteiger partial charge in [-0.1, -0.05) is 7.43 Å². The summed E-state index contributed by atoms with van der Waals surface area (Å²) in [6.45, 7) is 0. The first kappa shape index (κ1) is 58.0. The van der Waals surface area contributed by atoms with Crippen LogP contribution in [0.5, 0.6) is 0 Å². The summed E-state index contributed by atoms with van der Waals surface area (Å²) in [5, 5.41) is 0. The van der Waals surface area contributed by atoms with Gasteiger partial charge in [0.15, 0.2) is 0 Å². The second kappa shape index (κ2) is 27.7. The number of hydrogen-bond acceptors (Lipinski definition) is 0. The van der Waals surface area contributed by atoms with Gasteiger partial charge in [0.05, 0.1) is 0 Å². The van der Waals surface area contributed by atoms with Gasteiger partial charge in [0, 0.05) is 40.5 Å². The molecule has 0 bridgehead atoms. The Bertz CT molecular complexity index is 8.00. The van der Waals surface area contributed by atoms with E-state index >= 15 is 0 Å². The van der Waals surface area contributed by atoms with Crippen molar-refractivity contribution in [2.45, 2.75) is 7.43 Å². The van der Waals surface area contributed by atoms with Crippen molar-refractivity contribution in [2.24, 2.45) is 0 Å². The predicted octanol–water partition coefficient (Wildman–Crippen LogP) is 2.14. The molecule has 6 radical (unpaired) electrons. The fourth-order valence-corrected chi connectivity index (χ4v) is 0. The third-order valence-electron chi connectivity index (χ3n) is 0. The van der Waals surface area contributed by atoms with E-state index in [1.165, 1.54) is 0 Å². The zero-order chi connectivity index (χ0) is 0. The molecule has 0 fully saturated rings. The molecular formula is CH4MnPS. The van der Waals surface area contributed by atoms with Crippen molar-refractivity contribution in [2.75, 3.05) is 0 Å². The molecule has 0 aromatic rings. The van der Waals surface area contributed by atoms with Crippen LogP contribution in [0.3, 0.4) is 0 Å². The van der Waals surface area contributed by atoms with E-state index in [4.69, 9.17) is 0 Å². The molecule has 0 saturated carbocycles. The summed E-state index contributed by atoms with van der Waals surface area (Å²) >= 11 is 0. The minimum Gasteiger partial charge on any atom is -0.0776 e. The van der Waals surface area contributed by atoms with Gasteiger partial charge in [-0.3, -0.25) is 0 Å². The van der Waals surface area contributed by atoms with Gasteiger partial charge in [-0.05, 0) is 0 Å². The molecule has 0 spiro atoms. The number of hydrogen-bond donors (Lipinski definition) is 0. The normalized spacial score (nSPS) is 0. The molecule has 0 N–H and O–H groups in total. The smallest absolute Gasteiger partial charge is 0 e. The van der Waals surface area contributed by atoms with E-state index in [2.05, 4.69) is 0 Å². The third-order valence-corrected chi connectivity index (χ3v) is 0. The standard InChI is InChI=1S/CH4.Mn.P.S/h1H4;;;. The largest absolute Gasteiger partial charge is 0.0776 e. The van der Waals surface area contributed by atoms with Gasteiger partial charge in [0.1, 0.15) is 0 Å². The molecular weight excluding hydrogens is 130 g/mol. The van der Waals surface area contributed by atoms with Gasteiger partial charge in [0.2, 0.25) is 0 Å². The second-order valence-corrected chi connectivity index (χ2v) is 0. The van der Waals surface area contributed by atoms with Crippen LogP contribution >= 0.6 is 23.4 Å². The summed E-state index contributed by atoms with van der Waals surface area (Å²) in [6, 6.07) is 0. The maximum absolute atomic E-state index is 0. The molecule has 0 nitrogen and oxygen atoms in total. The second-order valence-electron chi connectivity index (χ2n) is 0. The fraction of sp³-hybridized carbons (Fsp3) is 1.00. The zero-order valence-corrected chi connectivity index (χ0v) is 4.12. The van der Waals surface area contributed by atoms with Crippen molar-refractivity contribution >= 4 is 23.4 Å². The average molecular weight is 134 g/mol. The fourth-order valence-electron chi connectivity index (χ4n) is 0. The van der Waals surface area contributed by atoms with Crippen LogP contribution in [-0.2, 0) is 17.1 Å². The Morgan fingerprint density at radius 2 is 1.00 bits per heavy atom. The predicted molar refractivity (Wildman–Crippen MR) is 21.2 cm³/mol. The van der Waals surface area contributed by atoms with E-state index in [1.54, 1.807) is 0 Å². The molecule has 0 aliphatic carbocycles. The molecule has 0 aliphatic rings. The van der Waals surface area contributed by atoms with Gasteiger partial charge in [-0.25, -0.2) is 0 Å². The van der Waals surface area contributed by atoms with Gasteiger partial charge >= 0.3 is 0 Å². The van der Waals surface area contributed by atoms with Gasteiger partial charge in [0.25, 0.3) is 0 Å². The molecule has 4 heavy (non-hydrogen) atoms. The minimum absolute atomic E-state index is 0. The molecule has 0 amide bonds. The van der Waals surface area contributed by atoms with Crippen LogP contribution in [0.1, 0.15) is 7.43 Å². The maximum atomic E-state index is 0. The Morgan fingerprint density at radius 3 is 1.00 bits per heavy atom. The van der Waals surface area contributed by atoms with Crippen molar-refractivity contribution in [3.05, 3.63) is 0 Å². The third kappa shape index (κ3) is 10.3. The van der Waals surface area contributed by atoms with Crippen LogP contribution in [0, 0.1) is 0 Å². The Kier molecular flexibility index (Phi) is 402. The maximum Gasteiger partial charge on any atom is 0 e. The van der Waals surface area contributed by atoms with Crippen molar-refractivity contribution < 1.29 is 17.1 Å². The minimum atomic E-state index is 0. The molecule has 0 saturated heterocycles. The van der Waals surface area contributed by atoms with E-state index in [0.29, 0.717) is 0 Å².